The summed E-state index contributed by atoms with van der Waals surface area (Å²) in [5.74, 6) is -10.3. The zero-order valence-electron chi connectivity index (χ0n) is 62.3. The summed E-state index contributed by atoms with van der Waals surface area (Å²) in [5.41, 5.74) is 32.7. The molecule has 1 aliphatic rings. The van der Waals surface area contributed by atoms with Crippen LogP contribution in [0.3, 0.4) is 0 Å². The van der Waals surface area contributed by atoms with E-state index < -0.39 is 156 Å². The number of fused-ring (bicyclic) bond motifs is 1. The molecule has 12 amide bonds. The number of ether oxygens (including phenoxy) is 1. The molecule has 0 aliphatic carbocycles. The Balaban J connectivity index is 1.21. The van der Waals surface area contributed by atoms with Crippen molar-refractivity contribution < 1.29 is 72.5 Å². The lowest BCUT2D eigenvalue weighted by Crippen LogP contribution is -2.62. The summed E-state index contributed by atoms with van der Waals surface area (Å²) in [6, 6.07) is 11.4. The molecule has 0 bridgehead atoms. The summed E-state index contributed by atoms with van der Waals surface area (Å²) in [6.07, 6.45) is -0.780. The van der Waals surface area contributed by atoms with Gasteiger partial charge in [0.25, 0.3) is 5.91 Å². The van der Waals surface area contributed by atoms with Gasteiger partial charge in [-0.05, 0) is 176 Å². The van der Waals surface area contributed by atoms with Gasteiger partial charge in [-0.2, -0.15) is 5.10 Å². The molecule has 13 atom stereocenters. The highest BCUT2D eigenvalue weighted by atomic mass is 32.2. The summed E-state index contributed by atoms with van der Waals surface area (Å²) in [4.78, 5) is 175. The predicted molar refractivity (Wildman–Crippen MR) is 414 cm³/mol. The van der Waals surface area contributed by atoms with Crippen molar-refractivity contribution in [2.75, 3.05) is 52.9 Å². The van der Waals surface area contributed by atoms with E-state index >= 15 is 0 Å². The molecule has 598 valence electrons. The highest BCUT2D eigenvalue weighted by Crippen LogP contribution is 2.35. The average Bonchev–Trinajstić information content (AvgIpc) is 1.63. The topological polar surface area (TPSA) is 560 Å². The van der Waals surface area contributed by atoms with E-state index in [-0.39, 0.29) is 96.1 Å². The van der Waals surface area contributed by atoms with E-state index in [0.29, 0.717) is 28.0 Å². The van der Waals surface area contributed by atoms with Crippen LogP contribution in [-0.2, 0) is 59.1 Å². The number of rotatable bonds is 32. The molecule has 0 spiro atoms. The highest BCUT2D eigenvalue weighted by Gasteiger charge is 2.38. The number of carbonyl (C=O) groups excluding carboxylic acids is 12. The van der Waals surface area contributed by atoms with Crippen LogP contribution in [0.15, 0.2) is 107 Å². The van der Waals surface area contributed by atoms with Crippen molar-refractivity contribution in [3.05, 3.63) is 120 Å². The lowest BCUT2D eigenvalue weighted by Gasteiger charge is -2.29. The van der Waals surface area contributed by atoms with Crippen LogP contribution in [0.1, 0.15) is 107 Å². The van der Waals surface area contributed by atoms with Crippen molar-refractivity contribution in [1.29, 1.82) is 0 Å². The Labute approximate surface area is 646 Å². The molecule has 0 saturated carbocycles. The highest BCUT2D eigenvalue weighted by molar-refractivity contribution is 7.99. The molecule has 3 heterocycles. The number of aliphatic hydroxyl groups excluding tert-OH is 2. The third-order valence-corrected chi connectivity index (χ3v) is 19.3. The summed E-state index contributed by atoms with van der Waals surface area (Å²) in [5, 5.41) is 57.8. The van der Waals surface area contributed by atoms with Gasteiger partial charge >= 0.3 is 6.09 Å². The number of nitrogens with zero attached hydrogens (tertiary/aromatic N) is 3. The maximum atomic E-state index is 14.7. The van der Waals surface area contributed by atoms with Gasteiger partial charge in [0.2, 0.25) is 59.1 Å². The van der Waals surface area contributed by atoms with Gasteiger partial charge in [-0.25, -0.2) is 8.88 Å². The van der Waals surface area contributed by atoms with Crippen molar-refractivity contribution in [1.82, 2.24) is 78.0 Å². The van der Waals surface area contributed by atoms with E-state index in [4.69, 9.17) is 38.5 Å². The van der Waals surface area contributed by atoms with E-state index in [0.717, 1.165) is 15.2 Å². The lowest BCUT2D eigenvalue weighted by atomic mass is 10.00. The normalized spacial score (nSPS) is 20.3. The van der Waals surface area contributed by atoms with Crippen molar-refractivity contribution in [2.45, 2.75) is 174 Å². The molecule has 37 heteroatoms. The maximum Gasteiger partial charge on any atom is 0.407 e. The van der Waals surface area contributed by atoms with E-state index in [1.807, 2.05) is 54.6 Å². The molecule has 2 aromatic heterocycles. The Morgan fingerprint density at radius 2 is 1.20 bits per heavy atom. The second-order valence-electron chi connectivity index (χ2n) is 26.6. The minimum absolute atomic E-state index is 0.0238. The zero-order chi connectivity index (χ0) is 80.6. The Morgan fingerprint density at radius 1 is 0.627 bits per heavy atom. The van der Waals surface area contributed by atoms with Crippen LogP contribution in [0.2, 0.25) is 0 Å². The number of pyridine rings is 1. The summed E-state index contributed by atoms with van der Waals surface area (Å²) in [7, 11) is 1.56. The number of hydrogen-bond acceptors (Lipinski definition) is 24. The number of aliphatic hydroxyl groups is 2. The molecule has 110 heavy (non-hydrogen) atoms. The lowest BCUT2D eigenvalue weighted by molar-refractivity contribution is -0.136. The molecular formula is C73H104N20O15S2. The van der Waals surface area contributed by atoms with Gasteiger partial charge in [0.1, 0.15) is 67.0 Å². The molecule has 35 nitrogen and oxygen atoms in total. The van der Waals surface area contributed by atoms with Crippen LogP contribution in [0.5, 0.6) is 0 Å². The molecule has 1 saturated heterocycles. The minimum Gasteiger partial charge on any atom is -0.448 e. The fraction of sp³-hybridized carbons (Fsp3) is 0.479. The fourth-order valence-electron chi connectivity index (χ4n) is 11.5. The standard InChI is InChI=1S/C73H104N20O15S2/c1-40(2)36-56-69(103)84-50(23-29-74)63(97)83-53(26-32-77)67(101)90-60(42(4)94)71(105)81-35-28-55(66(100)82-51(24-30-75)65(99)88-57(70(104)87-56)37-44-14-8-7-9-15-44)85-64(98)52(25-31-76)86-72(106)61(43(5)95)91-68(102)54(27-33-78)89-73(107)108-39-41(3)110-93-58-38-46(109-59-18-11-10-17-48(59)62(96)79-6)20-21-47(58)49(92-93)22-19-45-16-12-13-34-80-45/h7-22,34,38,40-43,50-57,60-61,94-95H,23-33,35-37,39,74-78H2,1-6H3,(H,79,96)(H,81,105)(H,82,100)(H,83,97)(H,84,103)(H,85,98)(H,86,106)(H,87,104)(H,88,99)(H,89,107)(H,90,101)(H,91,102)/b22-19+/t41-,42+,43-,50+,51?,52+,53?,54+,55?,56?,57+,60?,61-/m1/s1. The third kappa shape index (κ3) is 27.5. The number of amides is 12. The first-order valence-corrected chi connectivity index (χ1v) is 37.9. The number of hydrogen-bond donors (Lipinski definition) is 19. The second kappa shape index (κ2) is 45.1. The van der Waals surface area contributed by atoms with E-state index in [2.05, 4.69) is 68.8 Å². The van der Waals surface area contributed by atoms with Gasteiger partial charge in [0.05, 0.1) is 39.9 Å². The first-order chi connectivity index (χ1) is 52.6. The quantitative estimate of drug-likeness (QED) is 0.0217. The van der Waals surface area contributed by atoms with Gasteiger partial charge in [0, 0.05) is 41.4 Å². The predicted octanol–water partition coefficient (Wildman–Crippen LogP) is -2.23. The smallest absolute Gasteiger partial charge is 0.407 e. The monoisotopic (exact) mass is 1560 g/mol. The van der Waals surface area contributed by atoms with Crippen molar-refractivity contribution >= 4 is 118 Å². The number of nitrogens with two attached hydrogens (primary N) is 5. The van der Waals surface area contributed by atoms with Crippen LogP contribution < -0.4 is 92.5 Å². The van der Waals surface area contributed by atoms with Crippen LogP contribution in [-0.4, -0.2) is 226 Å². The minimum atomic E-state index is -1.83. The molecule has 5 unspecified atom stereocenters. The molecule has 5 aromatic rings. The van der Waals surface area contributed by atoms with Crippen molar-refractivity contribution in [3.63, 3.8) is 0 Å². The molecule has 1 fully saturated rings. The first kappa shape index (κ1) is 88.8. The molecule has 3 aromatic carbocycles. The van der Waals surface area contributed by atoms with E-state index in [9.17, 15) is 67.7 Å². The number of benzene rings is 3. The van der Waals surface area contributed by atoms with Gasteiger partial charge in [-0.15, -0.1) is 0 Å². The van der Waals surface area contributed by atoms with Gasteiger partial charge in [0.15, 0.2) is 0 Å². The maximum absolute atomic E-state index is 14.7. The van der Waals surface area contributed by atoms with E-state index in [1.165, 1.54) is 37.6 Å². The van der Waals surface area contributed by atoms with Crippen LogP contribution in [0.25, 0.3) is 23.1 Å². The number of alkyl carbamates (subject to hydrolysis) is 1. The summed E-state index contributed by atoms with van der Waals surface area (Å²) >= 11 is 2.62. The number of nitrogens with one attached hydrogen (secondary N) is 12. The van der Waals surface area contributed by atoms with Crippen LogP contribution >= 0.6 is 23.7 Å². The van der Waals surface area contributed by atoms with E-state index in [1.54, 1.807) is 86.6 Å². The number of carbonyl (C=O) groups is 12. The van der Waals surface area contributed by atoms with Crippen molar-refractivity contribution in [3.8, 4) is 0 Å². The zero-order valence-corrected chi connectivity index (χ0v) is 64.0. The Bertz CT molecular complexity index is 3970. The second-order valence-corrected chi connectivity index (χ2v) is 29.1. The van der Waals surface area contributed by atoms with Crippen LogP contribution in [0, 0.1) is 5.92 Å². The number of aromatic nitrogens is 3. The SMILES string of the molecule is CNC(=O)c1ccccc1Sc1ccc2c(/C=C/c3ccccn3)nn(S[C@H](C)COC(=O)N[C@@H](CCN)C(=O)N[C@@H](C(=O)N[C@@H](CCN)C(=O)NC3CCNC(=O)C([C@H](C)O)NC(=O)C(CCN)NC(=O)[C@H](CCN)NC(=O)C(CC(C)C)NC(=O)[C@H](Cc4ccccc4)NC(=O)C(CCN)NC3=O)[C@@H](C)O)c2c1. The van der Waals surface area contributed by atoms with Crippen molar-refractivity contribution in [2.24, 2.45) is 34.6 Å². The van der Waals surface area contributed by atoms with Gasteiger partial charge < -0.3 is 107 Å². The Hall–Kier alpha value is -10.1. The van der Waals surface area contributed by atoms with Crippen LogP contribution in [0.4, 0.5) is 4.79 Å². The largest absolute Gasteiger partial charge is 0.448 e. The Kier molecular flexibility index (Phi) is 36.4. The van der Waals surface area contributed by atoms with Gasteiger partial charge in [-0.3, -0.25) is 57.7 Å². The molecule has 6 rings (SSSR count). The first-order valence-electron chi connectivity index (χ1n) is 36.2. The molecule has 0 radical (unpaired) electrons. The molecule has 24 N–H and O–H groups in total. The molecular weight excluding hydrogens is 1460 g/mol. The summed E-state index contributed by atoms with van der Waals surface area (Å²) in [6.45, 7) is 6.00. The fourth-order valence-corrected chi connectivity index (χ4v) is 13.3. The molecule has 1 aliphatic heterocycles. The third-order valence-electron chi connectivity index (χ3n) is 17.2. The van der Waals surface area contributed by atoms with Gasteiger partial charge in [-0.1, -0.05) is 74.1 Å². The summed E-state index contributed by atoms with van der Waals surface area (Å²) < 4.78 is 7.32. The Morgan fingerprint density at radius 3 is 1.79 bits per heavy atom. The average molecular weight is 1570 g/mol.